The fourth-order valence-electron chi connectivity index (χ4n) is 1.83. The second-order valence-electron chi connectivity index (χ2n) is 4.13. The summed E-state index contributed by atoms with van der Waals surface area (Å²) < 4.78 is 0. The summed E-state index contributed by atoms with van der Waals surface area (Å²) in [4.78, 5) is 11.4. The van der Waals surface area contributed by atoms with Gasteiger partial charge in [0.1, 0.15) is 0 Å². The first kappa shape index (κ1) is 12.2. The third-order valence-electron chi connectivity index (χ3n) is 2.88. The molecule has 0 saturated heterocycles. The minimum atomic E-state index is -0.0353. The maximum absolute atomic E-state index is 11.4. The molecule has 0 aliphatic carbocycles. The number of likely N-dealkylation sites (N-methyl/N-ethyl adjacent to an activating group) is 1. The van der Waals surface area contributed by atoms with Gasteiger partial charge in [0.25, 0.3) is 0 Å². The Labute approximate surface area is 107 Å². The molecule has 0 heterocycles. The van der Waals surface area contributed by atoms with E-state index in [0.717, 1.165) is 16.7 Å². The number of anilines is 1. The molecule has 0 radical (unpaired) electrons. The van der Waals surface area contributed by atoms with Gasteiger partial charge in [0.2, 0.25) is 5.91 Å². The normalized spacial score (nSPS) is 10.1. The molecule has 0 aliphatic rings. The summed E-state index contributed by atoms with van der Waals surface area (Å²) in [5, 5.41) is 2.61. The van der Waals surface area contributed by atoms with E-state index in [9.17, 15) is 4.79 Å². The summed E-state index contributed by atoms with van der Waals surface area (Å²) in [6, 6.07) is 15.8. The second kappa shape index (κ2) is 5.36. The molecule has 3 heteroatoms. The highest BCUT2D eigenvalue weighted by molar-refractivity contribution is 5.81. The zero-order valence-electron chi connectivity index (χ0n) is 10.3. The van der Waals surface area contributed by atoms with Gasteiger partial charge >= 0.3 is 0 Å². The van der Waals surface area contributed by atoms with Crippen molar-refractivity contribution in [1.82, 2.24) is 5.32 Å². The number of benzene rings is 2. The third kappa shape index (κ3) is 2.69. The first-order valence-electron chi connectivity index (χ1n) is 5.85. The maximum atomic E-state index is 11.4. The summed E-state index contributed by atoms with van der Waals surface area (Å²) in [7, 11) is 1.62. The Morgan fingerprint density at radius 3 is 2.50 bits per heavy atom. The van der Waals surface area contributed by atoms with Crippen molar-refractivity contribution >= 4 is 11.6 Å². The maximum Gasteiger partial charge on any atom is 0.224 e. The number of hydrogen-bond donors (Lipinski definition) is 2. The molecule has 0 aromatic heterocycles. The largest absolute Gasteiger partial charge is 0.398 e. The molecule has 1 amide bonds. The van der Waals surface area contributed by atoms with Crippen LogP contribution in [0.4, 0.5) is 5.69 Å². The number of nitrogen functional groups attached to an aromatic ring is 1. The zero-order chi connectivity index (χ0) is 13.0. The Balaban J connectivity index is 2.35. The molecule has 2 rings (SSSR count). The lowest BCUT2D eigenvalue weighted by molar-refractivity contribution is -0.119. The minimum absolute atomic E-state index is 0.0353. The van der Waals surface area contributed by atoms with E-state index in [-0.39, 0.29) is 5.91 Å². The number of rotatable bonds is 3. The molecule has 18 heavy (non-hydrogen) atoms. The quantitative estimate of drug-likeness (QED) is 0.808. The van der Waals surface area contributed by atoms with Crippen molar-refractivity contribution in [3.63, 3.8) is 0 Å². The Morgan fingerprint density at radius 2 is 1.83 bits per heavy atom. The molecular weight excluding hydrogens is 224 g/mol. The molecule has 0 spiro atoms. The van der Waals surface area contributed by atoms with E-state index >= 15 is 0 Å². The number of amides is 1. The van der Waals surface area contributed by atoms with Gasteiger partial charge in [-0.25, -0.2) is 0 Å². The van der Waals surface area contributed by atoms with E-state index in [1.54, 1.807) is 7.05 Å². The monoisotopic (exact) mass is 240 g/mol. The van der Waals surface area contributed by atoms with E-state index < -0.39 is 0 Å². The molecule has 0 aliphatic heterocycles. The summed E-state index contributed by atoms with van der Waals surface area (Å²) in [6.45, 7) is 0. The Morgan fingerprint density at radius 1 is 1.11 bits per heavy atom. The second-order valence-corrected chi connectivity index (χ2v) is 4.13. The first-order valence-corrected chi connectivity index (χ1v) is 5.85. The van der Waals surface area contributed by atoms with Crippen molar-refractivity contribution in [3.8, 4) is 11.1 Å². The fraction of sp³-hybridized carbons (Fsp3) is 0.133. The fourth-order valence-corrected chi connectivity index (χ4v) is 1.83. The predicted octanol–water partition coefficient (Wildman–Crippen LogP) is 2.22. The smallest absolute Gasteiger partial charge is 0.224 e. The van der Waals surface area contributed by atoms with Gasteiger partial charge in [-0.15, -0.1) is 0 Å². The SMILES string of the molecule is CNC(=O)Cc1cc(-c2ccccc2)ccc1N. The molecule has 0 unspecified atom stereocenters. The molecule has 92 valence electrons. The van der Waals surface area contributed by atoms with E-state index in [1.807, 2.05) is 48.5 Å². The van der Waals surface area contributed by atoms with Crippen LogP contribution in [0.1, 0.15) is 5.56 Å². The van der Waals surface area contributed by atoms with Gasteiger partial charge in [-0.2, -0.15) is 0 Å². The average molecular weight is 240 g/mol. The molecule has 0 fully saturated rings. The first-order chi connectivity index (χ1) is 8.70. The average Bonchev–Trinajstić information content (AvgIpc) is 2.42. The van der Waals surface area contributed by atoms with Gasteiger partial charge < -0.3 is 11.1 Å². The van der Waals surface area contributed by atoms with Crippen molar-refractivity contribution in [3.05, 3.63) is 54.1 Å². The van der Waals surface area contributed by atoms with Crippen molar-refractivity contribution in [2.24, 2.45) is 0 Å². The Hall–Kier alpha value is -2.29. The van der Waals surface area contributed by atoms with Crippen LogP contribution in [0.15, 0.2) is 48.5 Å². The lowest BCUT2D eigenvalue weighted by Crippen LogP contribution is -2.20. The van der Waals surface area contributed by atoms with E-state index in [4.69, 9.17) is 5.73 Å². The summed E-state index contributed by atoms with van der Waals surface area (Å²) in [5.41, 5.74) is 9.59. The summed E-state index contributed by atoms with van der Waals surface area (Å²) in [5.74, 6) is -0.0353. The van der Waals surface area contributed by atoms with Crippen molar-refractivity contribution in [2.75, 3.05) is 12.8 Å². The number of carbonyl (C=O) groups is 1. The minimum Gasteiger partial charge on any atom is -0.398 e. The van der Waals surface area contributed by atoms with E-state index in [0.29, 0.717) is 12.1 Å². The van der Waals surface area contributed by atoms with Gasteiger partial charge in [-0.3, -0.25) is 4.79 Å². The van der Waals surface area contributed by atoms with Crippen LogP contribution in [0.2, 0.25) is 0 Å². The van der Waals surface area contributed by atoms with Crippen LogP contribution in [0, 0.1) is 0 Å². The van der Waals surface area contributed by atoms with Gasteiger partial charge in [-0.1, -0.05) is 36.4 Å². The topological polar surface area (TPSA) is 55.1 Å². The molecule has 2 aromatic carbocycles. The highest BCUT2D eigenvalue weighted by Crippen LogP contribution is 2.23. The number of carbonyl (C=O) groups excluding carboxylic acids is 1. The number of nitrogens with two attached hydrogens (primary N) is 1. The van der Waals surface area contributed by atoms with Crippen molar-refractivity contribution in [1.29, 1.82) is 0 Å². The van der Waals surface area contributed by atoms with Crippen molar-refractivity contribution < 1.29 is 4.79 Å². The van der Waals surface area contributed by atoms with Gasteiger partial charge in [-0.05, 0) is 28.8 Å². The van der Waals surface area contributed by atoms with E-state index in [2.05, 4.69) is 5.32 Å². The molecule has 0 saturated carbocycles. The van der Waals surface area contributed by atoms with Gasteiger partial charge in [0, 0.05) is 12.7 Å². The van der Waals surface area contributed by atoms with Crippen LogP contribution in [0.5, 0.6) is 0 Å². The van der Waals surface area contributed by atoms with Crippen LogP contribution >= 0.6 is 0 Å². The van der Waals surface area contributed by atoms with Gasteiger partial charge in [0.05, 0.1) is 6.42 Å². The highest BCUT2D eigenvalue weighted by atomic mass is 16.1. The third-order valence-corrected chi connectivity index (χ3v) is 2.88. The van der Waals surface area contributed by atoms with Crippen LogP contribution < -0.4 is 11.1 Å². The number of nitrogens with one attached hydrogen (secondary N) is 1. The van der Waals surface area contributed by atoms with Crippen LogP contribution in [-0.2, 0) is 11.2 Å². The van der Waals surface area contributed by atoms with Crippen LogP contribution in [0.3, 0.4) is 0 Å². The Kier molecular flexibility index (Phi) is 3.63. The molecule has 0 bridgehead atoms. The van der Waals surface area contributed by atoms with Gasteiger partial charge in [0.15, 0.2) is 0 Å². The molecule has 0 atom stereocenters. The number of hydrogen-bond acceptors (Lipinski definition) is 2. The lowest BCUT2D eigenvalue weighted by Gasteiger charge is -2.08. The zero-order valence-corrected chi connectivity index (χ0v) is 10.3. The van der Waals surface area contributed by atoms with E-state index in [1.165, 1.54) is 0 Å². The standard InChI is InChI=1S/C15H16N2O/c1-17-15(18)10-13-9-12(7-8-14(13)16)11-5-3-2-4-6-11/h2-9H,10,16H2,1H3,(H,17,18). The molecule has 3 N–H and O–H groups in total. The molecule has 2 aromatic rings. The van der Waals surface area contributed by atoms with Crippen molar-refractivity contribution in [2.45, 2.75) is 6.42 Å². The lowest BCUT2D eigenvalue weighted by atomic mass is 10.0. The Bertz CT molecular complexity index is 550. The summed E-state index contributed by atoms with van der Waals surface area (Å²) in [6.07, 6.45) is 0.309. The predicted molar refractivity (Wildman–Crippen MR) is 74.1 cm³/mol. The summed E-state index contributed by atoms with van der Waals surface area (Å²) >= 11 is 0. The molecular formula is C15H16N2O. The highest BCUT2D eigenvalue weighted by Gasteiger charge is 2.06. The van der Waals surface area contributed by atoms with Crippen LogP contribution in [0.25, 0.3) is 11.1 Å². The van der Waals surface area contributed by atoms with Crippen LogP contribution in [-0.4, -0.2) is 13.0 Å². The molecule has 3 nitrogen and oxygen atoms in total.